The Morgan fingerprint density at radius 2 is 1.76 bits per heavy atom. The fraction of sp³-hybridized carbons (Fsp3) is 0.286. The van der Waals surface area contributed by atoms with Crippen LogP contribution in [0.1, 0.15) is 23.6 Å². The molecule has 17 heavy (non-hydrogen) atoms. The summed E-state index contributed by atoms with van der Waals surface area (Å²) < 4.78 is 0. The van der Waals surface area contributed by atoms with Gasteiger partial charge in [-0.2, -0.15) is 0 Å². The molecule has 0 radical (unpaired) electrons. The minimum Gasteiger partial charge on any atom is -0.313 e. The van der Waals surface area contributed by atoms with Gasteiger partial charge >= 0.3 is 0 Å². The molecule has 3 heteroatoms. The van der Waals surface area contributed by atoms with Crippen LogP contribution in [0.15, 0.2) is 43.0 Å². The lowest BCUT2D eigenvalue weighted by Gasteiger charge is -2.05. The molecule has 3 nitrogen and oxygen atoms in total. The number of hydrogen-bond acceptors (Lipinski definition) is 3. The zero-order valence-corrected chi connectivity index (χ0v) is 10.1. The summed E-state index contributed by atoms with van der Waals surface area (Å²) in [6.07, 6.45) is 8.40. The highest BCUT2D eigenvalue weighted by atomic mass is 14.8. The molecule has 0 unspecified atom stereocenters. The van der Waals surface area contributed by atoms with E-state index in [4.69, 9.17) is 0 Å². The first-order valence-corrected chi connectivity index (χ1v) is 5.91. The van der Waals surface area contributed by atoms with Gasteiger partial charge in [0.25, 0.3) is 0 Å². The van der Waals surface area contributed by atoms with Gasteiger partial charge in [0.1, 0.15) is 0 Å². The van der Waals surface area contributed by atoms with E-state index < -0.39 is 0 Å². The second-order valence-electron chi connectivity index (χ2n) is 4.01. The predicted octanol–water partition coefficient (Wildman–Crippen LogP) is 2.18. The van der Waals surface area contributed by atoms with Crippen LogP contribution >= 0.6 is 0 Å². The van der Waals surface area contributed by atoms with E-state index in [1.165, 1.54) is 16.7 Å². The minimum absolute atomic E-state index is 0.883. The van der Waals surface area contributed by atoms with Crippen molar-refractivity contribution in [3.63, 3.8) is 0 Å². The maximum absolute atomic E-state index is 4.28. The van der Waals surface area contributed by atoms with E-state index in [0.717, 1.165) is 19.5 Å². The molecule has 0 aliphatic rings. The van der Waals surface area contributed by atoms with Crippen molar-refractivity contribution < 1.29 is 0 Å². The van der Waals surface area contributed by atoms with Crippen LogP contribution in [0, 0.1) is 0 Å². The summed E-state index contributed by atoms with van der Waals surface area (Å²) in [6.45, 7) is 3.97. The molecule has 2 rings (SSSR count). The first-order chi connectivity index (χ1) is 8.38. The molecule has 0 atom stereocenters. The lowest BCUT2D eigenvalue weighted by Crippen LogP contribution is -2.12. The number of rotatable bonds is 5. The van der Waals surface area contributed by atoms with E-state index in [9.17, 15) is 0 Å². The third-order valence-electron chi connectivity index (χ3n) is 2.59. The molecular weight excluding hydrogens is 210 g/mol. The zero-order chi connectivity index (χ0) is 11.9. The smallest absolute Gasteiger partial charge is 0.0313 e. The normalized spacial score (nSPS) is 10.4. The van der Waals surface area contributed by atoms with Gasteiger partial charge < -0.3 is 5.32 Å². The topological polar surface area (TPSA) is 37.8 Å². The highest BCUT2D eigenvalue weighted by Gasteiger charge is 1.98. The van der Waals surface area contributed by atoms with Gasteiger partial charge in [-0.05, 0) is 41.8 Å². The average Bonchev–Trinajstić information content (AvgIpc) is 2.38. The Morgan fingerprint density at radius 3 is 2.53 bits per heavy atom. The SMILES string of the molecule is CCNCc1cncc(Cc2ccncc2)c1. The Hall–Kier alpha value is -1.74. The number of nitrogens with one attached hydrogen (secondary N) is 1. The molecule has 88 valence electrons. The van der Waals surface area contributed by atoms with Crippen molar-refractivity contribution in [1.82, 2.24) is 15.3 Å². The summed E-state index contributed by atoms with van der Waals surface area (Å²) in [7, 11) is 0. The summed E-state index contributed by atoms with van der Waals surface area (Å²) in [6, 6.07) is 6.28. The van der Waals surface area contributed by atoms with E-state index in [1.54, 1.807) is 0 Å². The van der Waals surface area contributed by atoms with Crippen LogP contribution in [0.3, 0.4) is 0 Å². The van der Waals surface area contributed by atoms with Crippen molar-refractivity contribution in [2.75, 3.05) is 6.54 Å². The monoisotopic (exact) mass is 227 g/mol. The minimum atomic E-state index is 0.883. The molecule has 0 aliphatic heterocycles. The Morgan fingerprint density at radius 1 is 1.00 bits per heavy atom. The molecule has 0 aliphatic carbocycles. The van der Waals surface area contributed by atoms with Gasteiger partial charge in [0.2, 0.25) is 0 Å². The Labute approximate surface area is 102 Å². The van der Waals surface area contributed by atoms with Gasteiger partial charge in [-0.15, -0.1) is 0 Å². The first-order valence-electron chi connectivity index (χ1n) is 5.91. The van der Waals surface area contributed by atoms with Gasteiger partial charge in [0.15, 0.2) is 0 Å². The van der Waals surface area contributed by atoms with E-state index in [0.29, 0.717) is 0 Å². The van der Waals surface area contributed by atoms with Crippen LogP contribution in [0.4, 0.5) is 0 Å². The molecular formula is C14H17N3. The van der Waals surface area contributed by atoms with Gasteiger partial charge in [0, 0.05) is 31.3 Å². The summed E-state index contributed by atoms with van der Waals surface area (Å²) in [5.41, 5.74) is 3.74. The highest BCUT2D eigenvalue weighted by molar-refractivity contribution is 5.25. The van der Waals surface area contributed by atoms with Gasteiger partial charge in [-0.25, -0.2) is 0 Å². The second kappa shape index (κ2) is 6.11. The molecule has 1 N–H and O–H groups in total. The molecule has 0 aromatic carbocycles. The molecule has 0 saturated heterocycles. The Balaban J connectivity index is 2.06. The van der Waals surface area contributed by atoms with Crippen LogP contribution in [-0.2, 0) is 13.0 Å². The molecule has 2 aromatic heterocycles. The number of pyridine rings is 2. The Kier molecular flexibility index (Phi) is 4.22. The molecule has 0 amide bonds. The quantitative estimate of drug-likeness (QED) is 0.850. The third kappa shape index (κ3) is 3.64. The second-order valence-corrected chi connectivity index (χ2v) is 4.01. The fourth-order valence-electron chi connectivity index (χ4n) is 1.74. The van der Waals surface area contributed by atoms with Crippen LogP contribution in [0.2, 0.25) is 0 Å². The number of aromatic nitrogens is 2. The largest absolute Gasteiger partial charge is 0.313 e. The number of hydrogen-bond donors (Lipinski definition) is 1. The average molecular weight is 227 g/mol. The maximum atomic E-state index is 4.28. The molecule has 2 heterocycles. The van der Waals surface area contributed by atoms with Crippen molar-refractivity contribution in [2.45, 2.75) is 19.9 Å². The zero-order valence-electron chi connectivity index (χ0n) is 10.1. The summed E-state index contributed by atoms with van der Waals surface area (Å²) in [4.78, 5) is 8.30. The van der Waals surface area contributed by atoms with Gasteiger partial charge in [-0.3, -0.25) is 9.97 Å². The van der Waals surface area contributed by atoms with Crippen molar-refractivity contribution in [1.29, 1.82) is 0 Å². The summed E-state index contributed by atoms with van der Waals surface area (Å²) >= 11 is 0. The van der Waals surface area contributed by atoms with E-state index in [-0.39, 0.29) is 0 Å². The maximum Gasteiger partial charge on any atom is 0.0313 e. The van der Waals surface area contributed by atoms with Crippen molar-refractivity contribution in [2.24, 2.45) is 0 Å². The van der Waals surface area contributed by atoms with Crippen molar-refractivity contribution in [3.05, 3.63) is 59.7 Å². The first kappa shape index (κ1) is 11.7. The van der Waals surface area contributed by atoms with Crippen LogP contribution in [0.25, 0.3) is 0 Å². The third-order valence-corrected chi connectivity index (χ3v) is 2.59. The molecule has 2 aromatic rings. The van der Waals surface area contributed by atoms with E-state index in [2.05, 4.69) is 28.3 Å². The molecule has 0 fully saturated rings. The van der Waals surface area contributed by atoms with Crippen molar-refractivity contribution in [3.8, 4) is 0 Å². The standard InChI is InChI=1S/C14H17N3/c1-2-15-10-14-8-13(9-17-11-14)7-12-3-5-16-6-4-12/h3-6,8-9,11,15H,2,7,10H2,1H3. The molecule has 0 bridgehead atoms. The van der Waals surface area contributed by atoms with Crippen LogP contribution in [-0.4, -0.2) is 16.5 Å². The summed E-state index contributed by atoms with van der Waals surface area (Å²) in [5.74, 6) is 0. The summed E-state index contributed by atoms with van der Waals surface area (Å²) in [5, 5.41) is 3.31. The molecule has 0 spiro atoms. The predicted molar refractivity (Wildman–Crippen MR) is 68.7 cm³/mol. The van der Waals surface area contributed by atoms with E-state index in [1.807, 2.05) is 36.9 Å². The van der Waals surface area contributed by atoms with Gasteiger partial charge in [-0.1, -0.05) is 13.0 Å². The number of nitrogens with zero attached hydrogens (tertiary/aromatic N) is 2. The lowest BCUT2D eigenvalue weighted by atomic mass is 10.1. The highest BCUT2D eigenvalue weighted by Crippen LogP contribution is 2.09. The fourth-order valence-corrected chi connectivity index (χ4v) is 1.74. The van der Waals surface area contributed by atoms with Crippen LogP contribution < -0.4 is 5.32 Å². The molecule has 0 saturated carbocycles. The Bertz CT molecular complexity index is 454. The van der Waals surface area contributed by atoms with E-state index >= 15 is 0 Å². The van der Waals surface area contributed by atoms with Crippen molar-refractivity contribution >= 4 is 0 Å². The lowest BCUT2D eigenvalue weighted by molar-refractivity contribution is 0.723. The van der Waals surface area contributed by atoms with Crippen LogP contribution in [0.5, 0.6) is 0 Å². The van der Waals surface area contributed by atoms with Gasteiger partial charge in [0.05, 0.1) is 0 Å².